The zero-order valence-electron chi connectivity index (χ0n) is 10.1. The van der Waals surface area contributed by atoms with Gasteiger partial charge in [0, 0.05) is 12.6 Å². The first-order valence-electron chi connectivity index (χ1n) is 5.76. The molecule has 1 heterocycles. The van der Waals surface area contributed by atoms with E-state index in [0.717, 1.165) is 0 Å². The number of hydrogen-bond acceptors (Lipinski definition) is 6. The molecule has 8 heteroatoms. The number of benzene rings is 1. The lowest BCUT2D eigenvalue weighted by Crippen LogP contribution is -2.18. The van der Waals surface area contributed by atoms with Crippen molar-refractivity contribution in [2.24, 2.45) is 5.73 Å². The number of nitrogens with zero attached hydrogens (tertiary/aromatic N) is 1. The van der Waals surface area contributed by atoms with Gasteiger partial charge in [-0.3, -0.25) is 10.1 Å². The molecule has 19 heavy (non-hydrogen) atoms. The Labute approximate surface area is 110 Å². The van der Waals surface area contributed by atoms with Crippen molar-refractivity contribution in [3.63, 3.8) is 0 Å². The predicted molar refractivity (Wildman–Crippen MR) is 68.7 cm³/mol. The number of ether oxygens (including phenoxy) is 1. The molecule has 1 fully saturated rings. The maximum Gasteiger partial charge on any atom is 0.310 e. The Morgan fingerprint density at radius 1 is 1.47 bits per heavy atom. The summed E-state index contributed by atoms with van der Waals surface area (Å²) in [5.74, 6) is 0.0361. The van der Waals surface area contributed by atoms with Crippen LogP contribution >= 0.6 is 0 Å². The average molecular weight is 286 g/mol. The van der Waals surface area contributed by atoms with E-state index in [1.807, 2.05) is 0 Å². The first-order chi connectivity index (χ1) is 8.91. The van der Waals surface area contributed by atoms with Gasteiger partial charge in [-0.1, -0.05) is 6.07 Å². The molecule has 1 aromatic rings. The molecular formula is C11H14N2O5S. The van der Waals surface area contributed by atoms with Crippen molar-refractivity contribution in [3.8, 4) is 5.75 Å². The first-order valence-corrected chi connectivity index (χ1v) is 7.58. The van der Waals surface area contributed by atoms with Crippen LogP contribution in [0.2, 0.25) is 0 Å². The van der Waals surface area contributed by atoms with E-state index in [1.165, 1.54) is 12.1 Å². The van der Waals surface area contributed by atoms with Gasteiger partial charge in [-0.05, 0) is 18.1 Å². The van der Waals surface area contributed by atoms with E-state index in [4.69, 9.17) is 10.5 Å². The van der Waals surface area contributed by atoms with Crippen LogP contribution in [0.4, 0.5) is 5.69 Å². The molecule has 0 spiro atoms. The van der Waals surface area contributed by atoms with Crippen molar-refractivity contribution in [2.45, 2.75) is 19.1 Å². The van der Waals surface area contributed by atoms with Crippen LogP contribution in [0.1, 0.15) is 12.0 Å². The first kappa shape index (κ1) is 13.8. The van der Waals surface area contributed by atoms with Gasteiger partial charge in [0.15, 0.2) is 15.6 Å². The second-order valence-corrected chi connectivity index (χ2v) is 6.63. The van der Waals surface area contributed by atoms with E-state index in [9.17, 15) is 18.5 Å². The summed E-state index contributed by atoms with van der Waals surface area (Å²) in [6.07, 6.45) is -0.177. The number of nitro groups is 1. The lowest BCUT2D eigenvalue weighted by atomic mass is 10.2. The van der Waals surface area contributed by atoms with Gasteiger partial charge in [0.2, 0.25) is 0 Å². The maximum absolute atomic E-state index is 11.3. The van der Waals surface area contributed by atoms with Crippen LogP contribution in [0.3, 0.4) is 0 Å². The minimum atomic E-state index is -3.08. The Bertz CT molecular complexity index is 599. The molecule has 1 aliphatic rings. The molecular weight excluding hydrogens is 272 g/mol. The third-order valence-corrected chi connectivity index (χ3v) is 4.68. The zero-order valence-corrected chi connectivity index (χ0v) is 10.9. The van der Waals surface area contributed by atoms with Gasteiger partial charge in [-0.2, -0.15) is 0 Å². The smallest absolute Gasteiger partial charge is 0.310 e. The Kier molecular flexibility index (Phi) is 3.72. The monoisotopic (exact) mass is 286 g/mol. The van der Waals surface area contributed by atoms with Gasteiger partial charge in [0.05, 0.1) is 16.4 Å². The summed E-state index contributed by atoms with van der Waals surface area (Å²) in [6.45, 7) is 0.233. The van der Waals surface area contributed by atoms with Gasteiger partial charge < -0.3 is 10.5 Å². The van der Waals surface area contributed by atoms with Crippen molar-refractivity contribution in [2.75, 3.05) is 11.5 Å². The molecule has 0 amide bonds. The highest BCUT2D eigenvalue weighted by Gasteiger charge is 2.31. The highest BCUT2D eigenvalue weighted by atomic mass is 32.2. The fraction of sp³-hybridized carbons (Fsp3) is 0.455. The molecule has 0 saturated carbocycles. The summed E-state index contributed by atoms with van der Waals surface area (Å²) in [6, 6.07) is 4.36. The summed E-state index contributed by atoms with van der Waals surface area (Å²) in [5, 5.41) is 10.9. The highest BCUT2D eigenvalue weighted by molar-refractivity contribution is 7.91. The summed E-state index contributed by atoms with van der Waals surface area (Å²) in [5.41, 5.74) is 5.99. The van der Waals surface area contributed by atoms with Gasteiger partial charge in [0.1, 0.15) is 6.10 Å². The fourth-order valence-electron chi connectivity index (χ4n) is 1.96. The van der Waals surface area contributed by atoms with Gasteiger partial charge in [-0.15, -0.1) is 0 Å². The zero-order chi connectivity index (χ0) is 14.0. The molecule has 2 N–H and O–H groups in total. The van der Waals surface area contributed by atoms with E-state index in [-0.39, 0.29) is 29.5 Å². The molecule has 7 nitrogen and oxygen atoms in total. The van der Waals surface area contributed by atoms with E-state index in [0.29, 0.717) is 12.0 Å². The van der Waals surface area contributed by atoms with Crippen LogP contribution in [0.25, 0.3) is 0 Å². The molecule has 1 aromatic carbocycles. The van der Waals surface area contributed by atoms with Gasteiger partial charge in [0.25, 0.3) is 0 Å². The molecule has 1 aliphatic heterocycles. The van der Waals surface area contributed by atoms with E-state index < -0.39 is 20.9 Å². The third-order valence-electron chi connectivity index (χ3n) is 2.94. The second-order valence-electron chi connectivity index (χ2n) is 4.41. The number of sulfone groups is 1. The minimum Gasteiger partial charge on any atom is -0.482 e. The molecule has 2 rings (SSSR count). The van der Waals surface area contributed by atoms with E-state index in [2.05, 4.69) is 0 Å². The normalized spacial score (nSPS) is 21.2. The van der Waals surface area contributed by atoms with Crippen LogP contribution in [-0.4, -0.2) is 31.0 Å². The van der Waals surface area contributed by atoms with Crippen molar-refractivity contribution in [1.82, 2.24) is 0 Å². The largest absolute Gasteiger partial charge is 0.482 e. The molecule has 1 atom stereocenters. The van der Waals surface area contributed by atoms with Crippen LogP contribution in [0.15, 0.2) is 18.2 Å². The SMILES string of the molecule is NCc1ccc([N+](=O)[O-])c(OC2CCS(=O)(=O)C2)c1. The summed E-state index contributed by atoms with van der Waals surface area (Å²) < 4.78 is 28.1. The molecule has 0 radical (unpaired) electrons. The third kappa shape index (κ3) is 3.21. The number of nitrogens with two attached hydrogens (primary N) is 1. The van der Waals surface area contributed by atoms with Crippen LogP contribution < -0.4 is 10.5 Å². The summed E-state index contributed by atoms with van der Waals surface area (Å²) in [4.78, 5) is 10.3. The summed E-state index contributed by atoms with van der Waals surface area (Å²) in [7, 11) is -3.08. The minimum absolute atomic E-state index is 0.0576. The van der Waals surface area contributed by atoms with Crippen LogP contribution in [0, 0.1) is 10.1 Å². The molecule has 1 unspecified atom stereocenters. The van der Waals surface area contributed by atoms with Crippen molar-refractivity contribution in [3.05, 3.63) is 33.9 Å². The van der Waals surface area contributed by atoms with Crippen molar-refractivity contribution < 1.29 is 18.1 Å². The van der Waals surface area contributed by atoms with Crippen molar-refractivity contribution >= 4 is 15.5 Å². The highest BCUT2D eigenvalue weighted by Crippen LogP contribution is 2.30. The Balaban J connectivity index is 2.25. The van der Waals surface area contributed by atoms with Gasteiger partial charge in [-0.25, -0.2) is 8.42 Å². The lowest BCUT2D eigenvalue weighted by Gasteiger charge is -2.12. The van der Waals surface area contributed by atoms with Crippen molar-refractivity contribution in [1.29, 1.82) is 0 Å². The maximum atomic E-state index is 11.3. The van der Waals surface area contributed by atoms with E-state index >= 15 is 0 Å². The molecule has 0 aliphatic carbocycles. The molecule has 1 saturated heterocycles. The number of rotatable bonds is 4. The lowest BCUT2D eigenvalue weighted by molar-refractivity contribution is -0.386. The standard InChI is InChI=1S/C11H14N2O5S/c12-6-8-1-2-10(13(14)15)11(5-8)18-9-3-4-19(16,17)7-9/h1-2,5,9H,3-4,6-7,12H2. The molecule has 104 valence electrons. The Morgan fingerprint density at radius 2 is 2.21 bits per heavy atom. The van der Waals surface area contributed by atoms with Crippen LogP contribution in [-0.2, 0) is 16.4 Å². The molecule has 0 bridgehead atoms. The average Bonchev–Trinajstić information content (AvgIpc) is 2.68. The second kappa shape index (κ2) is 5.14. The van der Waals surface area contributed by atoms with Gasteiger partial charge >= 0.3 is 5.69 Å². The fourth-order valence-corrected chi connectivity index (χ4v) is 3.55. The topological polar surface area (TPSA) is 113 Å². The number of nitro benzene ring substituents is 1. The van der Waals surface area contributed by atoms with E-state index in [1.54, 1.807) is 6.07 Å². The predicted octanol–water partition coefficient (Wildman–Crippen LogP) is 0.619. The van der Waals surface area contributed by atoms with Crippen LogP contribution in [0.5, 0.6) is 5.75 Å². The Morgan fingerprint density at radius 3 is 2.74 bits per heavy atom. The molecule has 0 aromatic heterocycles. The quantitative estimate of drug-likeness (QED) is 0.641. The number of hydrogen-bond donors (Lipinski definition) is 1. The summed E-state index contributed by atoms with van der Waals surface area (Å²) >= 11 is 0. The Hall–Kier alpha value is -1.67.